The number of halogens is 1. The minimum atomic E-state index is -0.305. The van der Waals surface area contributed by atoms with E-state index in [-0.39, 0.29) is 18.0 Å². The molecular formula is C22H22ClN4O2+. The molecule has 0 saturated heterocycles. The first-order valence-corrected chi connectivity index (χ1v) is 9.87. The van der Waals surface area contributed by atoms with Crippen LogP contribution in [0.1, 0.15) is 42.9 Å². The molecule has 2 heterocycles. The summed E-state index contributed by atoms with van der Waals surface area (Å²) >= 11 is 5.97. The van der Waals surface area contributed by atoms with Gasteiger partial charge < -0.3 is 10.5 Å². The third kappa shape index (κ3) is 4.66. The van der Waals surface area contributed by atoms with Crippen molar-refractivity contribution < 1.29 is 14.1 Å². The van der Waals surface area contributed by atoms with Crippen molar-refractivity contribution >= 4 is 29.1 Å². The molecule has 4 rings (SSSR count). The first-order valence-electron chi connectivity index (χ1n) is 9.50. The highest BCUT2D eigenvalue weighted by Gasteiger charge is 2.26. The molecule has 3 N–H and O–H groups in total. The van der Waals surface area contributed by atoms with Gasteiger partial charge in [-0.2, -0.15) is 9.36 Å². The predicted molar refractivity (Wildman–Crippen MR) is 112 cm³/mol. The molecule has 3 aromatic rings. The molecule has 1 aromatic carbocycles. The van der Waals surface area contributed by atoms with E-state index in [0.29, 0.717) is 22.4 Å². The van der Waals surface area contributed by atoms with Crippen LogP contribution in [0.25, 0.3) is 0 Å². The van der Waals surface area contributed by atoms with E-state index in [0.717, 1.165) is 5.56 Å². The van der Waals surface area contributed by atoms with Gasteiger partial charge in [-0.05, 0) is 55.0 Å². The number of carbonyl (C=O) groups excluding carboxylic acids is 1. The third-order valence-electron chi connectivity index (χ3n) is 4.87. The molecule has 2 aromatic heterocycles. The number of benzene rings is 1. The molecule has 0 bridgehead atoms. The SMILES string of the molecule is C[C@@H](Oc1cc(Cl)cnc1N)c1cccc(NC(=O)[n+]2cccc(C3CC3)c2)c1. The molecule has 148 valence electrons. The number of nitrogens with zero attached hydrogens (tertiary/aromatic N) is 2. The first kappa shape index (κ1) is 19.2. The summed E-state index contributed by atoms with van der Waals surface area (Å²) in [6.45, 7) is 1.90. The molecule has 0 unspecified atom stereocenters. The lowest BCUT2D eigenvalue weighted by Crippen LogP contribution is -2.46. The van der Waals surface area contributed by atoms with Gasteiger partial charge in [0.05, 0.1) is 11.2 Å². The zero-order chi connectivity index (χ0) is 20.4. The minimum Gasteiger partial charge on any atom is -0.482 e. The molecule has 0 radical (unpaired) electrons. The van der Waals surface area contributed by atoms with Crippen LogP contribution in [0.5, 0.6) is 5.75 Å². The molecule has 0 aliphatic heterocycles. The number of ether oxygens (including phenoxy) is 1. The van der Waals surface area contributed by atoms with E-state index in [4.69, 9.17) is 22.1 Å². The Kier molecular flexibility index (Phi) is 5.36. The van der Waals surface area contributed by atoms with Gasteiger partial charge in [0.2, 0.25) is 0 Å². The molecule has 7 heteroatoms. The topological polar surface area (TPSA) is 81.1 Å². The van der Waals surface area contributed by atoms with Gasteiger partial charge in [-0.1, -0.05) is 29.8 Å². The first-order chi connectivity index (χ1) is 14.0. The fourth-order valence-electron chi connectivity index (χ4n) is 3.12. The molecule has 1 amide bonds. The Morgan fingerprint density at radius 1 is 1.31 bits per heavy atom. The van der Waals surface area contributed by atoms with Crippen molar-refractivity contribution in [1.29, 1.82) is 0 Å². The third-order valence-corrected chi connectivity index (χ3v) is 5.07. The Balaban J connectivity index is 1.47. The van der Waals surface area contributed by atoms with Gasteiger partial charge >= 0.3 is 6.03 Å². The average Bonchev–Trinajstić information content (AvgIpc) is 3.56. The molecule has 0 spiro atoms. The predicted octanol–water partition coefficient (Wildman–Crippen LogP) is 4.70. The van der Waals surface area contributed by atoms with Crippen LogP contribution in [0.4, 0.5) is 16.3 Å². The van der Waals surface area contributed by atoms with Gasteiger partial charge in [0.15, 0.2) is 11.6 Å². The van der Waals surface area contributed by atoms with Crippen LogP contribution in [0.2, 0.25) is 5.02 Å². The summed E-state index contributed by atoms with van der Waals surface area (Å²) in [4.78, 5) is 16.6. The number of nitrogens with two attached hydrogens (primary N) is 1. The Labute approximate surface area is 174 Å². The van der Waals surface area contributed by atoms with Crippen LogP contribution in [-0.4, -0.2) is 11.0 Å². The number of hydrogen-bond acceptors (Lipinski definition) is 4. The van der Waals surface area contributed by atoms with E-state index in [9.17, 15) is 4.79 Å². The van der Waals surface area contributed by atoms with Crippen molar-refractivity contribution in [3.8, 4) is 5.75 Å². The Hall–Kier alpha value is -3.12. The van der Waals surface area contributed by atoms with Crippen molar-refractivity contribution in [3.05, 3.63) is 77.2 Å². The Bertz CT molecular complexity index is 1050. The fourth-order valence-corrected chi connectivity index (χ4v) is 3.27. The van der Waals surface area contributed by atoms with Crippen LogP contribution in [0, 0.1) is 0 Å². The van der Waals surface area contributed by atoms with E-state index in [2.05, 4.69) is 16.4 Å². The number of nitrogen functional groups attached to an aromatic ring is 1. The normalized spacial score (nSPS) is 14.3. The zero-order valence-electron chi connectivity index (χ0n) is 16.0. The second kappa shape index (κ2) is 8.09. The summed E-state index contributed by atoms with van der Waals surface area (Å²) in [5.74, 6) is 1.29. The number of amides is 1. The summed E-state index contributed by atoms with van der Waals surface area (Å²) in [5.41, 5.74) is 8.63. The minimum absolute atomic E-state index is 0.207. The van der Waals surface area contributed by atoms with E-state index in [1.165, 1.54) is 24.6 Å². The molecule has 1 atom stereocenters. The van der Waals surface area contributed by atoms with Crippen molar-refractivity contribution in [3.63, 3.8) is 0 Å². The lowest BCUT2D eigenvalue weighted by atomic mass is 10.1. The van der Waals surface area contributed by atoms with Crippen LogP contribution in [0.3, 0.4) is 0 Å². The molecule has 1 aliphatic rings. The van der Waals surface area contributed by atoms with Crippen molar-refractivity contribution in [1.82, 2.24) is 4.98 Å². The van der Waals surface area contributed by atoms with E-state index < -0.39 is 0 Å². The van der Waals surface area contributed by atoms with Gasteiger partial charge in [0.1, 0.15) is 18.0 Å². The van der Waals surface area contributed by atoms with Gasteiger partial charge in [-0.15, -0.1) is 0 Å². The van der Waals surface area contributed by atoms with Crippen LogP contribution >= 0.6 is 11.6 Å². The average molecular weight is 410 g/mol. The van der Waals surface area contributed by atoms with Gasteiger partial charge in [0, 0.05) is 12.3 Å². The summed E-state index contributed by atoms with van der Waals surface area (Å²) in [6, 6.07) is 12.9. The Morgan fingerprint density at radius 3 is 2.93 bits per heavy atom. The quantitative estimate of drug-likeness (QED) is 0.598. The fraction of sp³-hybridized carbons (Fsp3) is 0.227. The number of pyridine rings is 2. The number of carbonyl (C=O) groups is 1. The molecule has 1 fully saturated rings. The summed E-state index contributed by atoms with van der Waals surface area (Å²) in [7, 11) is 0. The van der Waals surface area contributed by atoms with Crippen LogP contribution in [0.15, 0.2) is 61.1 Å². The summed E-state index contributed by atoms with van der Waals surface area (Å²) in [5, 5.41) is 3.39. The second-order valence-corrected chi connectivity index (χ2v) is 7.61. The molecule has 1 saturated carbocycles. The van der Waals surface area contributed by atoms with E-state index >= 15 is 0 Å². The van der Waals surface area contributed by atoms with Gasteiger partial charge in [0.25, 0.3) is 0 Å². The lowest BCUT2D eigenvalue weighted by Gasteiger charge is -2.16. The van der Waals surface area contributed by atoms with Gasteiger partial charge in [-0.3, -0.25) is 0 Å². The second-order valence-electron chi connectivity index (χ2n) is 7.17. The highest BCUT2D eigenvalue weighted by Crippen LogP contribution is 2.39. The van der Waals surface area contributed by atoms with Gasteiger partial charge in [-0.25, -0.2) is 10.3 Å². The maximum absolute atomic E-state index is 12.6. The lowest BCUT2D eigenvalue weighted by molar-refractivity contribution is -0.568. The van der Waals surface area contributed by atoms with Crippen LogP contribution in [-0.2, 0) is 0 Å². The van der Waals surface area contributed by atoms with E-state index in [1.54, 1.807) is 16.8 Å². The highest BCUT2D eigenvalue weighted by atomic mass is 35.5. The summed E-state index contributed by atoms with van der Waals surface area (Å²) < 4.78 is 7.50. The molecular weight excluding hydrogens is 388 g/mol. The molecule has 29 heavy (non-hydrogen) atoms. The number of hydrogen-bond donors (Lipinski definition) is 2. The van der Waals surface area contributed by atoms with E-state index in [1.807, 2.05) is 43.5 Å². The monoisotopic (exact) mass is 409 g/mol. The number of aromatic nitrogens is 2. The number of anilines is 2. The largest absolute Gasteiger partial charge is 0.500 e. The number of nitrogens with one attached hydrogen (secondary N) is 1. The van der Waals surface area contributed by atoms with Crippen molar-refractivity contribution in [2.24, 2.45) is 0 Å². The zero-order valence-corrected chi connectivity index (χ0v) is 16.8. The maximum Gasteiger partial charge on any atom is 0.500 e. The maximum atomic E-state index is 12.6. The molecule has 6 nitrogen and oxygen atoms in total. The summed E-state index contributed by atoms with van der Waals surface area (Å²) in [6.07, 6.45) is 7.21. The number of rotatable bonds is 5. The molecule has 1 aliphatic carbocycles. The highest BCUT2D eigenvalue weighted by molar-refractivity contribution is 6.30. The van der Waals surface area contributed by atoms with Crippen molar-refractivity contribution in [2.45, 2.75) is 31.8 Å². The Morgan fingerprint density at radius 2 is 2.14 bits per heavy atom. The standard InChI is InChI=1S/C22H21ClN4O2/c1-14(29-20-11-18(23)12-25-21(20)24)16-4-2-6-19(10-16)26-22(28)27-9-3-5-17(13-27)15-7-8-15/h2-6,9-15H,7-8H2,1H3,(H2-,24,25,26,28)/p+1/t14-/m1/s1. The van der Waals surface area contributed by atoms with Crippen LogP contribution < -0.4 is 20.4 Å². The smallest absolute Gasteiger partial charge is 0.482 e. The van der Waals surface area contributed by atoms with Crippen molar-refractivity contribution in [2.75, 3.05) is 11.1 Å².